The Morgan fingerprint density at radius 3 is 2.41 bits per heavy atom. The van der Waals surface area contributed by atoms with Gasteiger partial charge >= 0.3 is 12.1 Å². The number of oxazole rings is 1. The van der Waals surface area contributed by atoms with Crippen LogP contribution in [0.1, 0.15) is 22.3 Å². The molecule has 2 aromatic heterocycles. The molecule has 0 fully saturated rings. The molecule has 196 valence electrons. The minimum absolute atomic E-state index is 0.122. The van der Waals surface area contributed by atoms with Crippen molar-refractivity contribution in [2.24, 2.45) is 0 Å². The Labute approximate surface area is 209 Å². The number of benzene rings is 2. The molecule has 9 nitrogen and oxygen atoms in total. The van der Waals surface area contributed by atoms with E-state index >= 15 is 0 Å². The first-order chi connectivity index (χ1) is 17.5. The SMILES string of the molecule is Cc1ccc(-c2nc(-c3noc4ccc(C(=O)NCCCN(C)C)cc34)co2)cc1.O=C(O)C(F)(F)F. The number of aliphatic carboxylic acids is 1. The fourth-order valence-electron chi connectivity index (χ4n) is 3.18. The smallest absolute Gasteiger partial charge is 0.475 e. The van der Waals surface area contributed by atoms with Crippen LogP contribution in [0.3, 0.4) is 0 Å². The maximum atomic E-state index is 12.5. The number of carbonyl (C=O) groups excluding carboxylic acids is 1. The van der Waals surface area contributed by atoms with E-state index in [0.29, 0.717) is 35.0 Å². The summed E-state index contributed by atoms with van der Waals surface area (Å²) in [7, 11) is 4.02. The van der Waals surface area contributed by atoms with Gasteiger partial charge in [-0.1, -0.05) is 22.9 Å². The summed E-state index contributed by atoms with van der Waals surface area (Å²) in [4.78, 5) is 28.1. The lowest BCUT2D eigenvalue weighted by molar-refractivity contribution is -0.192. The van der Waals surface area contributed by atoms with Gasteiger partial charge in [-0.2, -0.15) is 13.2 Å². The van der Waals surface area contributed by atoms with Crippen molar-refractivity contribution in [3.63, 3.8) is 0 Å². The molecule has 4 rings (SSSR count). The van der Waals surface area contributed by atoms with Crippen LogP contribution in [0.5, 0.6) is 0 Å². The Kier molecular flexibility index (Phi) is 8.66. The number of carboxylic acid groups (broad SMARTS) is 1. The van der Waals surface area contributed by atoms with Crippen molar-refractivity contribution >= 4 is 22.8 Å². The van der Waals surface area contributed by atoms with Crippen LogP contribution in [-0.2, 0) is 4.79 Å². The molecule has 0 aliphatic carbocycles. The van der Waals surface area contributed by atoms with Gasteiger partial charge in [-0.15, -0.1) is 0 Å². The number of nitrogens with zero attached hydrogens (tertiary/aromatic N) is 3. The third kappa shape index (κ3) is 7.40. The molecule has 1 amide bonds. The summed E-state index contributed by atoms with van der Waals surface area (Å²) >= 11 is 0. The minimum atomic E-state index is -5.08. The van der Waals surface area contributed by atoms with Crippen molar-refractivity contribution in [1.82, 2.24) is 20.4 Å². The van der Waals surface area contributed by atoms with E-state index in [9.17, 15) is 18.0 Å². The molecule has 4 aromatic rings. The van der Waals surface area contributed by atoms with E-state index in [-0.39, 0.29) is 5.91 Å². The normalized spacial score (nSPS) is 11.3. The number of carboxylic acids is 1. The predicted octanol–water partition coefficient (Wildman–Crippen LogP) is 4.77. The highest BCUT2D eigenvalue weighted by Crippen LogP contribution is 2.30. The number of nitrogens with one attached hydrogen (secondary N) is 1. The van der Waals surface area contributed by atoms with E-state index in [1.165, 1.54) is 5.56 Å². The van der Waals surface area contributed by atoms with Crippen LogP contribution >= 0.6 is 0 Å². The average Bonchev–Trinajstić information content (AvgIpc) is 3.48. The van der Waals surface area contributed by atoms with Gasteiger partial charge in [-0.3, -0.25) is 4.79 Å². The summed E-state index contributed by atoms with van der Waals surface area (Å²) in [5.41, 5.74) is 4.31. The Morgan fingerprint density at radius 1 is 1.11 bits per heavy atom. The zero-order valence-corrected chi connectivity index (χ0v) is 20.3. The number of aryl methyl sites for hydroxylation is 1. The molecule has 0 aliphatic rings. The minimum Gasteiger partial charge on any atom is -0.475 e. The number of alkyl halides is 3. The fraction of sp³-hybridized carbons (Fsp3) is 0.280. The van der Waals surface area contributed by atoms with Crippen LogP contribution in [0.15, 0.2) is 57.7 Å². The molecule has 0 aliphatic heterocycles. The molecule has 0 radical (unpaired) electrons. The molecule has 12 heteroatoms. The van der Waals surface area contributed by atoms with E-state index in [1.54, 1.807) is 24.5 Å². The van der Waals surface area contributed by atoms with Crippen LogP contribution in [0.25, 0.3) is 33.8 Å². The third-order valence-electron chi connectivity index (χ3n) is 5.09. The maximum absolute atomic E-state index is 12.5. The topological polar surface area (TPSA) is 122 Å². The van der Waals surface area contributed by atoms with E-state index in [2.05, 4.69) is 20.4 Å². The van der Waals surface area contributed by atoms with Crippen LogP contribution in [0, 0.1) is 6.92 Å². The molecule has 2 N–H and O–H groups in total. The number of amides is 1. The molecule has 0 bridgehead atoms. The summed E-state index contributed by atoms with van der Waals surface area (Å²) in [6.45, 7) is 3.57. The van der Waals surface area contributed by atoms with Crippen molar-refractivity contribution in [1.29, 1.82) is 0 Å². The second-order valence-electron chi connectivity index (χ2n) is 8.36. The van der Waals surface area contributed by atoms with Gasteiger partial charge < -0.3 is 24.3 Å². The van der Waals surface area contributed by atoms with Crippen molar-refractivity contribution < 1.29 is 36.8 Å². The summed E-state index contributed by atoms with van der Waals surface area (Å²) in [6.07, 6.45) is -2.64. The summed E-state index contributed by atoms with van der Waals surface area (Å²) in [6, 6.07) is 13.2. The standard InChI is InChI=1S/C23H24N4O3.C2HF3O2/c1-15-5-7-16(8-6-15)23-25-19(14-29-23)21-18-13-17(9-10-20(18)30-26-21)22(28)24-11-4-12-27(2)3;3-2(4,5)1(6)7/h5-10,13-14H,4,11-12H2,1-3H3,(H,24,28);(H,6,7). The molecule has 37 heavy (non-hydrogen) atoms. The average molecular weight is 518 g/mol. The highest BCUT2D eigenvalue weighted by molar-refractivity contribution is 6.00. The molecule has 2 aromatic carbocycles. The largest absolute Gasteiger partial charge is 0.490 e. The van der Waals surface area contributed by atoms with Gasteiger partial charge in [0.05, 0.1) is 5.39 Å². The van der Waals surface area contributed by atoms with Gasteiger partial charge in [-0.05, 0) is 64.3 Å². The van der Waals surface area contributed by atoms with E-state index in [1.807, 2.05) is 45.3 Å². The van der Waals surface area contributed by atoms with Crippen molar-refractivity contribution in [3.05, 3.63) is 59.9 Å². The Morgan fingerprint density at radius 2 is 1.78 bits per heavy atom. The third-order valence-corrected chi connectivity index (χ3v) is 5.09. The molecular formula is C25H25F3N4O5. The van der Waals surface area contributed by atoms with Crippen LogP contribution in [0.4, 0.5) is 13.2 Å². The number of hydrogen-bond acceptors (Lipinski definition) is 7. The first-order valence-corrected chi connectivity index (χ1v) is 11.1. The highest BCUT2D eigenvalue weighted by atomic mass is 19.4. The van der Waals surface area contributed by atoms with Gasteiger partial charge in [0.1, 0.15) is 17.7 Å². The highest BCUT2D eigenvalue weighted by Gasteiger charge is 2.38. The predicted molar refractivity (Wildman–Crippen MR) is 129 cm³/mol. The van der Waals surface area contributed by atoms with Gasteiger partial charge in [0.15, 0.2) is 5.58 Å². The second kappa shape index (κ2) is 11.7. The van der Waals surface area contributed by atoms with Crippen LogP contribution in [0.2, 0.25) is 0 Å². The van der Waals surface area contributed by atoms with Gasteiger partial charge in [0.25, 0.3) is 5.91 Å². The number of hydrogen-bond donors (Lipinski definition) is 2. The van der Waals surface area contributed by atoms with Crippen molar-refractivity contribution in [2.75, 3.05) is 27.2 Å². The Bertz CT molecular complexity index is 1360. The van der Waals surface area contributed by atoms with E-state index in [0.717, 1.165) is 23.9 Å². The van der Waals surface area contributed by atoms with E-state index in [4.69, 9.17) is 18.8 Å². The Hall–Kier alpha value is -4.19. The van der Waals surface area contributed by atoms with Crippen molar-refractivity contribution in [3.8, 4) is 22.8 Å². The lowest BCUT2D eigenvalue weighted by atomic mass is 10.1. The summed E-state index contributed by atoms with van der Waals surface area (Å²) in [5, 5.41) is 14.9. The van der Waals surface area contributed by atoms with Crippen molar-refractivity contribution in [2.45, 2.75) is 19.5 Å². The van der Waals surface area contributed by atoms with E-state index < -0.39 is 12.1 Å². The summed E-state index contributed by atoms with van der Waals surface area (Å²) < 4.78 is 42.8. The molecule has 0 spiro atoms. The van der Waals surface area contributed by atoms with Gasteiger partial charge in [0, 0.05) is 17.7 Å². The second-order valence-corrected chi connectivity index (χ2v) is 8.36. The number of halogens is 3. The van der Waals surface area contributed by atoms with Crippen LogP contribution < -0.4 is 5.32 Å². The quantitative estimate of drug-likeness (QED) is 0.336. The zero-order valence-electron chi connectivity index (χ0n) is 20.3. The fourth-order valence-corrected chi connectivity index (χ4v) is 3.18. The zero-order chi connectivity index (χ0) is 27.2. The lowest BCUT2D eigenvalue weighted by Gasteiger charge is -2.09. The lowest BCUT2D eigenvalue weighted by Crippen LogP contribution is -2.27. The summed E-state index contributed by atoms with van der Waals surface area (Å²) in [5.74, 6) is -2.37. The molecule has 0 saturated carbocycles. The first kappa shape index (κ1) is 27.4. The number of carbonyl (C=O) groups is 2. The van der Waals surface area contributed by atoms with Gasteiger partial charge in [-0.25, -0.2) is 9.78 Å². The number of rotatable bonds is 7. The molecule has 2 heterocycles. The maximum Gasteiger partial charge on any atom is 0.490 e. The molecule has 0 unspecified atom stereocenters. The molecular weight excluding hydrogens is 493 g/mol. The molecule has 0 saturated heterocycles. The first-order valence-electron chi connectivity index (χ1n) is 11.1. The molecule has 0 atom stereocenters. The van der Waals surface area contributed by atoms with Crippen LogP contribution in [-0.4, -0.2) is 65.4 Å². The Balaban J connectivity index is 0.000000479. The number of fused-ring (bicyclic) bond motifs is 1. The number of aromatic nitrogens is 2. The van der Waals surface area contributed by atoms with Gasteiger partial charge in [0.2, 0.25) is 5.89 Å². The monoisotopic (exact) mass is 518 g/mol.